The Morgan fingerprint density at radius 1 is 1.11 bits per heavy atom. The van der Waals surface area contributed by atoms with Crippen LogP contribution >= 0.6 is 0 Å². The number of amides is 1. The lowest BCUT2D eigenvalue weighted by Crippen LogP contribution is -2.22. The third-order valence-electron chi connectivity index (χ3n) is 6.39. The number of Topliss-reactive ketones (excluding diaryl/α,β-unsaturated/α-hetero) is 1. The van der Waals surface area contributed by atoms with Crippen molar-refractivity contribution in [3.8, 4) is 5.75 Å². The van der Waals surface area contributed by atoms with Crippen LogP contribution in [0.5, 0.6) is 5.75 Å². The molecule has 0 saturated heterocycles. The van der Waals surface area contributed by atoms with Crippen LogP contribution in [0.1, 0.15) is 63.4 Å². The summed E-state index contributed by atoms with van der Waals surface area (Å²) in [6.45, 7) is 0. The summed E-state index contributed by atoms with van der Waals surface area (Å²) in [5.74, 6) is -0.822. The van der Waals surface area contributed by atoms with E-state index in [-0.39, 0.29) is 24.5 Å². The van der Waals surface area contributed by atoms with E-state index in [1.54, 1.807) is 33.4 Å². The van der Waals surface area contributed by atoms with Crippen molar-refractivity contribution in [1.82, 2.24) is 4.90 Å². The smallest absolute Gasteiger partial charge is 0.306 e. The molecule has 1 aromatic rings. The van der Waals surface area contributed by atoms with Crippen LogP contribution < -0.4 is 4.74 Å². The summed E-state index contributed by atoms with van der Waals surface area (Å²) in [5, 5.41) is 20.2. The lowest BCUT2D eigenvalue weighted by Gasteiger charge is -2.20. The Hall–Kier alpha value is -3.19. The number of benzene rings is 1. The second-order valence-electron chi connectivity index (χ2n) is 9.40. The molecule has 0 fully saturated rings. The highest BCUT2D eigenvalue weighted by atomic mass is 16.5. The van der Waals surface area contributed by atoms with E-state index in [0.717, 1.165) is 30.6 Å². The molecule has 0 heterocycles. The third kappa shape index (κ3) is 9.82. The van der Waals surface area contributed by atoms with Crippen LogP contribution in [0.2, 0.25) is 0 Å². The molecule has 36 heavy (non-hydrogen) atoms. The number of aliphatic hydroxyl groups is 1. The van der Waals surface area contributed by atoms with Crippen LogP contribution in [0, 0.1) is 5.92 Å². The number of carboxylic acids is 1. The van der Waals surface area contributed by atoms with Crippen molar-refractivity contribution in [2.45, 2.75) is 63.9 Å². The van der Waals surface area contributed by atoms with Gasteiger partial charge in [0.2, 0.25) is 5.91 Å². The number of carboxylic acid groups (broad SMARTS) is 1. The fourth-order valence-corrected chi connectivity index (χ4v) is 4.09. The number of aliphatic carboxylic acids is 1. The van der Waals surface area contributed by atoms with Crippen molar-refractivity contribution in [1.29, 1.82) is 0 Å². The van der Waals surface area contributed by atoms with Gasteiger partial charge in [-0.1, -0.05) is 36.8 Å². The molecule has 1 aliphatic carbocycles. The highest BCUT2D eigenvalue weighted by molar-refractivity contribution is 5.98. The van der Waals surface area contributed by atoms with Gasteiger partial charge >= 0.3 is 5.97 Å². The Kier molecular flexibility index (Phi) is 12.1. The summed E-state index contributed by atoms with van der Waals surface area (Å²) in [7, 11) is 5.02. The van der Waals surface area contributed by atoms with Gasteiger partial charge in [0.25, 0.3) is 0 Å². The molecular formula is C29H39NO6. The summed E-state index contributed by atoms with van der Waals surface area (Å²) >= 11 is 0. The van der Waals surface area contributed by atoms with Crippen LogP contribution in [0.4, 0.5) is 0 Å². The van der Waals surface area contributed by atoms with Crippen LogP contribution in [-0.4, -0.2) is 60.1 Å². The molecule has 7 heteroatoms. The maximum Gasteiger partial charge on any atom is 0.306 e. The molecule has 196 valence electrons. The number of unbranched alkanes of at least 4 members (excludes halogenated alkanes) is 2. The standard InChI is InChI=1S/C29H39NO6/c1-30(2)28(33)12-8-11-26(31)22-15-18-27(32)24(19-22)20-23(29(34)35)10-7-5-4-6-9-21-13-16-25(36-3)17-14-21/h6,9,13-17,19,23,26,31H,4-5,7-8,10-12,18,20H2,1-3H3,(H,34,35)/b9-6+. The summed E-state index contributed by atoms with van der Waals surface area (Å²) in [6.07, 6.45) is 11.3. The number of hydrogen-bond acceptors (Lipinski definition) is 5. The summed E-state index contributed by atoms with van der Waals surface area (Å²) in [5.41, 5.74) is 2.18. The number of rotatable bonds is 15. The van der Waals surface area contributed by atoms with Gasteiger partial charge in [-0.05, 0) is 73.4 Å². The Bertz CT molecular complexity index is 974. The van der Waals surface area contributed by atoms with E-state index in [0.29, 0.717) is 36.8 Å². The van der Waals surface area contributed by atoms with Crippen LogP contribution in [0.25, 0.3) is 6.08 Å². The first-order valence-corrected chi connectivity index (χ1v) is 12.6. The van der Waals surface area contributed by atoms with Gasteiger partial charge in [0.05, 0.1) is 19.1 Å². The van der Waals surface area contributed by atoms with Crippen molar-refractivity contribution < 1.29 is 29.3 Å². The zero-order valence-corrected chi connectivity index (χ0v) is 21.6. The molecule has 0 spiro atoms. The van der Waals surface area contributed by atoms with Crippen molar-refractivity contribution in [2.75, 3.05) is 21.2 Å². The van der Waals surface area contributed by atoms with Gasteiger partial charge in [-0.25, -0.2) is 0 Å². The predicted molar refractivity (Wildman–Crippen MR) is 141 cm³/mol. The average Bonchev–Trinajstić information content (AvgIpc) is 2.86. The Morgan fingerprint density at radius 3 is 2.47 bits per heavy atom. The average molecular weight is 498 g/mol. The quantitative estimate of drug-likeness (QED) is 0.337. The monoisotopic (exact) mass is 497 g/mol. The number of ether oxygens (including phenoxy) is 1. The molecule has 2 atom stereocenters. The molecule has 2 N–H and O–H groups in total. The second-order valence-corrected chi connectivity index (χ2v) is 9.40. The van der Waals surface area contributed by atoms with Gasteiger partial charge in [-0.2, -0.15) is 0 Å². The minimum Gasteiger partial charge on any atom is -0.497 e. The number of methoxy groups -OCH3 is 1. The van der Waals surface area contributed by atoms with E-state index in [1.165, 1.54) is 4.90 Å². The van der Waals surface area contributed by atoms with E-state index in [4.69, 9.17) is 4.74 Å². The van der Waals surface area contributed by atoms with Gasteiger partial charge in [0.15, 0.2) is 5.78 Å². The van der Waals surface area contributed by atoms with E-state index < -0.39 is 18.0 Å². The maximum absolute atomic E-state index is 12.4. The Balaban J connectivity index is 1.83. The predicted octanol–water partition coefficient (Wildman–Crippen LogP) is 4.80. The van der Waals surface area contributed by atoms with Crippen molar-refractivity contribution in [3.05, 3.63) is 59.2 Å². The molecule has 0 saturated carbocycles. The van der Waals surface area contributed by atoms with E-state index >= 15 is 0 Å². The molecule has 0 bridgehead atoms. The normalized spacial score (nSPS) is 15.3. The van der Waals surface area contributed by atoms with Gasteiger partial charge in [-0.15, -0.1) is 0 Å². The van der Waals surface area contributed by atoms with Crippen molar-refractivity contribution in [2.24, 2.45) is 5.92 Å². The summed E-state index contributed by atoms with van der Waals surface area (Å²) in [6, 6.07) is 7.77. The Labute approximate surface area is 214 Å². The first-order chi connectivity index (χ1) is 17.2. The van der Waals surface area contributed by atoms with Crippen LogP contribution in [-0.2, 0) is 14.4 Å². The van der Waals surface area contributed by atoms with Crippen LogP contribution in [0.3, 0.4) is 0 Å². The van der Waals surface area contributed by atoms with Crippen molar-refractivity contribution >= 4 is 23.7 Å². The first kappa shape index (κ1) is 29.0. The van der Waals surface area contributed by atoms with Crippen molar-refractivity contribution in [3.63, 3.8) is 0 Å². The highest BCUT2D eigenvalue weighted by Crippen LogP contribution is 2.27. The van der Waals surface area contributed by atoms with E-state index in [2.05, 4.69) is 6.08 Å². The fourth-order valence-electron chi connectivity index (χ4n) is 4.09. The van der Waals surface area contributed by atoms with Gasteiger partial charge in [0, 0.05) is 26.9 Å². The number of hydrogen-bond donors (Lipinski definition) is 2. The molecule has 1 amide bonds. The summed E-state index contributed by atoms with van der Waals surface area (Å²) in [4.78, 5) is 37.5. The molecule has 2 rings (SSSR count). The van der Waals surface area contributed by atoms with Gasteiger partial charge in [-0.3, -0.25) is 14.4 Å². The SMILES string of the molecule is COc1ccc(/C=C/CCCCC(CC2=CC(C(O)CCCC(=O)N(C)C)=CCC2=O)C(=O)O)cc1. The highest BCUT2D eigenvalue weighted by Gasteiger charge is 2.25. The van der Waals surface area contributed by atoms with Gasteiger partial charge < -0.3 is 19.8 Å². The van der Waals surface area contributed by atoms with E-state index in [1.807, 2.05) is 30.3 Å². The minimum absolute atomic E-state index is 0.00625. The molecule has 1 aliphatic rings. The fraction of sp³-hybridized carbons (Fsp3) is 0.483. The molecule has 0 radical (unpaired) electrons. The van der Waals surface area contributed by atoms with Gasteiger partial charge in [0.1, 0.15) is 5.75 Å². The first-order valence-electron chi connectivity index (χ1n) is 12.6. The zero-order chi connectivity index (χ0) is 26.5. The lowest BCUT2D eigenvalue weighted by atomic mass is 9.86. The number of nitrogens with zero attached hydrogens (tertiary/aromatic N) is 1. The second kappa shape index (κ2) is 15.0. The lowest BCUT2D eigenvalue weighted by molar-refractivity contribution is -0.142. The van der Waals surface area contributed by atoms with Crippen LogP contribution in [0.15, 0.2) is 53.6 Å². The molecular weight excluding hydrogens is 458 g/mol. The molecule has 0 aromatic heterocycles. The number of carbonyl (C=O) groups is 3. The topological polar surface area (TPSA) is 104 Å². The molecule has 2 unspecified atom stereocenters. The number of carbonyl (C=O) groups excluding carboxylic acids is 2. The third-order valence-corrected chi connectivity index (χ3v) is 6.39. The van der Waals surface area contributed by atoms with E-state index in [9.17, 15) is 24.6 Å². The molecule has 7 nitrogen and oxygen atoms in total. The summed E-state index contributed by atoms with van der Waals surface area (Å²) < 4.78 is 5.15. The zero-order valence-electron chi connectivity index (χ0n) is 21.6. The molecule has 0 aliphatic heterocycles. The number of ketones is 1. The number of aliphatic hydroxyl groups excluding tert-OH is 1. The Morgan fingerprint density at radius 2 is 1.83 bits per heavy atom. The largest absolute Gasteiger partial charge is 0.497 e. The minimum atomic E-state index is -0.906. The number of allylic oxidation sites excluding steroid dienone is 3. The maximum atomic E-state index is 12.4. The molecule has 1 aromatic carbocycles.